The van der Waals surface area contributed by atoms with Gasteiger partial charge in [-0.2, -0.15) is 18.3 Å². The molecule has 2 aromatic rings. The summed E-state index contributed by atoms with van der Waals surface area (Å²) in [7, 11) is 6.99. The monoisotopic (exact) mass is 562 g/mol. The topological polar surface area (TPSA) is 58.1 Å². The third kappa shape index (κ3) is 8.86. The van der Waals surface area contributed by atoms with E-state index in [4.69, 9.17) is 9.47 Å². The van der Waals surface area contributed by atoms with Crippen molar-refractivity contribution in [3.05, 3.63) is 77.0 Å². The molecule has 6 nitrogen and oxygen atoms in total. The molecule has 2 aliphatic rings. The Balaban J connectivity index is 0.000000700. The molecule has 1 aliphatic heterocycles. The quantitative estimate of drug-likeness (QED) is 0.344. The van der Waals surface area contributed by atoms with E-state index >= 15 is 0 Å². The van der Waals surface area contributed by atoms with Gasteiger partial charge in [-0.3, -0.25) is 0 Å². The fourth-order valence-corrected chi connectivity index (χ4v) is 4.20. The Morgan fingerprint density at radius 2 is 1.40 bits per heavy atom. The first-order chi connectivity index (χ1) is 19.2. The van der Waals surface area contributed by atoms with E-state index in [0.29, 0.717) is 22.9 Å². The molecule has 0 radical (unpaired) electrons. The Morgan fingerprint density at radius 3 is 1.90 bits per heavy atom. The van der Waals surface area contributed by atoms with Gasteiger partial charge in [-0.05, 0) is 68.8 Å². The number of nitrogens with one attached hydrogen (secondary N) is 2. The summed E-state index contributed by atoms with van der Waals surface area (Å²) in [5.41, 5.74) is 2.99. The molecule has 0 saturated heterocycles. The van der Waals surface area contributed by atoms with Gasteiger partial charge in [0.2, 0.25) is 0 Å². The number of rotatable bonds is 7. The zero-order valence-corrected chi connectivity index (χ0v) is 25.1. The van der Waals surface area contributed by atoms with Gasteiger partial charge in [0.25, 0.3) is 0 Å². The van der Waals surface area contributed by atoms with Crippen molar-refractivity contribution in [3.63, 3.8) is 0 Å². The molecule has 0 bridgehead atoms. The van der Waals surface area contributed by atoms with Crippen LogP contribution in [0.1, 0.15) is 58.1 Å². The maximum absolute atomic E-state index is 13.7. The second kappa shape index (κ2) is 17.4. The van der Waals surface area contributed by atoms with Crippen LogP contribution in [-0.2, 0) is 6.18 Å². The van der Waals surface area contributed by atoms with Gasteiger partial charge in [-0.15, -0.1) is 0 Å². The molecule has 1 heterocycles. The smallest absolute Gasteiger partial charge is 0.418 e. The lowest BCUT2D eigenvalue weighted by Crippen LogP contribution is -2.27. The summed E-state index contributed by atoms with van der Waals surface area (Å²) in [6.07, 6.45) is -2.06. The van der Waals surface area contributed by atoms with Gasteiger partial charge < -0.3 is 20.1 Å². The third-order valence-corrected chi connectivity index (χ3v) is 6.00. The van der Waals surface area contributed by atoms with Gasteiger partial charge >= 0.3 is 6.18 Å². The number of nitrogens with zero attached hydrogens (tertiary/aromatic N) is 2. The number of hydrogen-bond acceptors (Lipinski definition) is 6. The number of allylic oxidation sites excluding steroid dienone is 2. The molecule has 0 spiro atoms. The van der Waals surface area contributed by atoms with Gasteiger partial charge in [0.15, 0.2) is 0 Å². The number of ether oxygens (including phenoxy) is 2. The highest BCUT2D eigenvalue weighted by Gasteiger charge is 2.37. The summed E-state index contributed by atoms with van der Waals surface area (Å²) in [5.74, 6) is 1.16. The van der Waals surface area contributed by atoms with Crippen molar-refractivity contribution in [2.75, 3.05) is 46.4 Å². The van der Waals surface area contributed by atoms with E-state index in [9.17, 15) is 13.2 Å². The van der Waals surface area contributed by atoms with Crippen LogP contribution >= 0.6 is 0 Å². The summed E-state index contributed by atoms with van der Waals surface area (Å²) < 4.78 is 51.7. The predicted molar refractivity (Wildman–Crippen MR) is 161 cm³/mol. The van der Waals surface area contributed by atoms with Crippen molar-refractivity contribution in [2.45, 2.75) is 53.1 Å². The van der Waals surface area contributed by atoms with E-state index in [-0.39, 0.29) is 5.69 Å². The van der Waals surface area contributed by atoms with Crippen molar-refractivity contribution in [2.24, 2.45) is 5.10 Å². The molecular weight excluding hydrogens is 517 g/mol. The number of methoxy groups -OCH3 is 2. The molecule has 0 atom stereocenters. The Morgan fingerprint density at radius 1 is 0.875 bits per heavy atom. The van der Waals surface area contributed by atoms with Gasteiger partial charge in [0.05, 0.1) is 36.9 Å². The summed E-state index contributed by atoms with van der Waals surface area (Å²) in [6, 6.07) is 10.8. The number of halogens is 3. The largest absolute Gasteiger partial charge is 0.497 e. The van der Waals surface area contributed by atoms with E-state index in [2.05, 4.69) is 22.3 Å². The average Bonchev–Trinajstić information content (AvgIpc) is 3.49. The lowest BCUT2D eigenvalue weighted by atomic mass is 9.95. The second-order valence-electron chi connectivity index (χ2n) is 8.34. The summed E-state index contributed by atoms with van der Waals surface area (Å²) in [4.78, 5) is 0. The van der Waals surface area contributed by atoms with Crippen LogP contribution in [0.3, 0.4) is 0 Å². The van der Waals surface area contributed by atoms with E-state index in [1.54, 1.807) is 26.4 Å². The highest BCUT2D eigenvalue weighted by molar-refractivity contribution is 6.15. The molecule has 40 heavy (non-hydrogen) atoms. The first-order valence-corrected chi connectivity index (χ1v) is 13.7. The molecule has 2 N–H and O–H groups in total. The highest BCUT2D eigenvalue weighted by atomic mass is 19.4. The van der Waals surface area contributed by atoms with E-state index < -0.39 is 11.7 Å². The minimum absolute atomic E-state index is 0.0409. The highest BCUT2D eigenvalue weighted by Crippen LogP contribution is 2.44. The van der Waals surface area contributed by atoms with Crippen LogP contribution in [0.15, 0.2) is 71.0 Å². The molecule has 4 rings (SSSR count). The zero-order valence-electron chi connectivity index (χ0n) is 25.1. The normalized spacial score (nSPS) is 14.0. The molecule has 0 unspecified atom stereocenters. The Hall–Kier alpha value is -3.30. The standard InChI is InChI=1S/C23H21F3N2O2.C4H12N2.2C2H6/c1-14-18-7-6-8-19(18)22(15-11-16(29-2)13-17(12-15)30-3)27-28(14)21-10-5-4-9-20(21)23(24,25)26;1-5-3-4-6-2;2*1-2/h4-5,9-13H,1,6-8H2,2-3H3;5-6H,3-4H2,1-2H3;2*1-2H3. The predicted octanol–water partition coefficient (Wildman–Crippen LogP) is 7.42. The van der Waals surface area contributed by atoms with Crippen LogP contribution in [-0.4, -0.2) is 47.1 Å². The van der Waals surface area contributed by atoms with Gasteiger partial charge in [0, 0.05) is 24.7 Å². The maximum Gasteiger partial charge on any atom is 0.418 e. The lowest BCUT2D eigenvalue weighted by molar-refractivity contribution is -0.137. The van der Waals surface area contributed by atoms with Crippen molar-refractivity contribution < 1.29 is 22.6 Å². The molecular formula is C31H45F3N4O2. The number of alkyl halides is 3. The van der Waals surface area contributed by atoms with Gasteiger partial charge in [-0.25, -0.2) is 5.01 Å². The number of hydrazone groups is 1. The number of benzene rings is 2. The van der Waals surface area contributed by atoms with Crippen LogP contribution in [0.25, 0.3) is 0 Å². The van der Waals surface area contributed by atoms with Crippen molar-refractivity contribution >= 4 is 11.4 Å². The number of anilines is 1. The summed E-state index contributed by atoms with van der Waals surface area (Å²) in [6.45, 7) is 14.2. The third-order valence-electron chi connectivity index (χ3n) is 6.00. The number of likely N-dealkylation sites (N-methyl/N-ethyl adjacent to an activating group) is 2. The van der Waals surface area contributed by atoms with E-state index in [0.717, 1.165) is 55.1 Å². The zero-order chi connectivity index (χ0) is 30.3. The molecule has 2 aromatic carbocycles. The Kier molecular flexibility index (Phi) is 15.1. The first kappa shape index (κ1) is 34.7. The molecule has 222 valence electrons. The minimum Gasteiger partial charge on any atom is -0.497 e. The molecule has 0 saturated carbocycles. The van der Waals surface area contributed by atoms with Gasteiger partial charge in [0.1, 0.15) is 11.5 Å². The SMILES string of the molecule is C=C1C2=C(CCC2)C(c2cc(OC)cc(OC)c2)=NN1c1ccccc1C(F)(F)F.CC.CC.CNCCNC. The molecule has 0 fully saturated rings. The van der Waals surface area contributed by atoms with Crippen molar-refractivity contribution in [1.82, 2.24) is 10.6 Å². The fraction of sp³-hybridized carbons (Fsp3) is 0.452. The first-order valence-electron chi connectivity index (χ1n) is 13.7. The van der Waals surface area contributed by atoms with E-state index in [1.165, 1.54) is 17.1 Å². The minimum atomic E-state index is -4.50. The van der Waals surface area contributed by atoms with Crippen LogP contribution in [0.2, 0.25) is 0 Å². The second-order valence-corrected chi connectivity index (χ2v) is 8.34. The van der Waals surface area contributed by atoms with Crippen molar-refractivity contribution in [3.8, 4) is 11.5 Å². The fourth-order valence-electron chi connectivity index (χ4n) is 4.20. The summed E-state index contributed by atoms with van der Waals surface area (Å²) >= 11 is 0. The molecule has 0 amide bonds. The van der Waals surface area contributed by atoms with Gasteiger partial charge in [-0.1, -0.05) is 46.4 Å². The van der Waals surface area contributed by atoms with Crippen molar-refractivity contribution in [1.29, 1.82) is 0 Å². The Bertz CT molecular complexity index is 1120. The lowest BCUT2D eigenvalue weighted by Gasteiger charge is -2.31. The van der Waals surface area contributed by atoms with Crippen LogP contribution < -0.4 is 25.1 Å². The number of para-hydroxylation sites is 1. The average molecular weight is 563 g/mol. The maximum atomic E-state index is 13.7. The van der Waals surface area contributed by atoms with Crippen LogP contribution in [0.5, 0.6) is 11.5 Å². The molecule has 0 aromatic heterocycles. The molecule has 9 heteroatoms. The van der Waals surface area contributed by atoms with E-state index in [1.807, 2.05) is 53.9 Å². The number of hydrogen-bond donors (Lipinski definition) is 2. The Labute approximate surface area is 237 Å². The molecule has 1 aliphatic carbocycles. The van der Waals surface area contributed by atoms with Crippen LogP contribution in [0.4, 0.5) is 18.9 Å². The summed E-state index contributed by atoms with van der Waals surface area (Å²) in [5, 5.41) is 12.0. The van der Waals surface area contributed by atoms with Crippen LogP contribution in [0, 0.1) is 0 Å².